The Balaban J connectivity index is 1.70. The lowest BCUT2D eigenvalue weighted by Gasteiger charge is -2.37. The zero-order chi connectivity index (χ0) is 21.7. The van der Waals surface area contributed by atoms with Crippen LogP contribution in [-0.2, 0) is 9.59 Å². The van der Waals surface area contributed by atoms with Gasteiger partial charge in [0.1, 0.15) is 11.1 Å². The molecule has 156 valence electrons. The van der Waals surface area contributed by atoms with Crippen molar-refractivity contribution >= 4 is 28.8 Å². The van der Waals surface area contributed by atoms with Gasteiger partial charge in [0.15, 0.2) is 5.78 Å². The van der Waals surface area contributed by atoms with E-state index in [1.54, 1.807) is 0 Å². The normalized spacial score (nSPS) is 28.0. The van der Waals surface area contributed by atoms with Crippen LogP contribution in [0.1, 0.15) is 44.7 Å². The number of Topliss-reactive ketones (excluding diaryl/α,β-unsaturated/α-hetero) is 1. The van der Waals surface area contributed by atoms with Gasteiger partial charge < -0.3 is 5.32 Å². The van der Waals surface area contributed by atoms with Gasteiger partial charge in [-0.3, -0.25) is 15.0 Å². The van der Waals surface area contributed by atoms with E-state index in [0.717, 1.165) is 28.9 Å². The molecule has 2 bridgehead atoms. The molecular weight excluding hydrogens is 374 g/mol. The van der Waals surface area contributed by atoms with E-state index in [2.05, 4.69) is 28.8 Å². The number of anilines is 2. The number of ketones is 1. The number of amides is 1. The van der Waals surface area contributed by atoms with Crippen LogP contribution < -0.4 is 10.7 Å². The molecule has 2 unspecified atom stereocenters. The van der Waals surface area contributed by atoms with E-state index in [1.807, 2.05) is 70.2 Å². The number of rotatable bonds is 4. The summed E-state index contributed by atoms with van der Waals surface area (Å²) in [5, 5.41) is 7.57. The number of carbonyl (C=O) groups excluding carboxylic acids is 2. The molecule has 2 saturated carbocycles. The number of aryl methyl sites for hydroxylation is 2. The van der Waals surface area contributed by atoms with Gasteiger partial charge in [0.25, 0.3) is 0 Å². The summed E-state index contributed by atoms with van der Waals surface area (Å²) in [5.74, 6) is -0.386. The molecule has 2 atom stereocenters. The lowest BCUT2D eigenvalue weighted by molar-refractivity contribution is -0.139. The van der Waals surface area contributed by atoms with Crippen LogP contribution >= 0.6 is 0 Å². The molecule has 2 N–H and O–H groups in total. The topological polar surface area (TPSA) is 70.6 Å². The largest absolute Gasteiger partial charge is 0.325 e. The second kappa shape index (κ2) is 6.79. The number of hydrogen-bond donors (Lipinski definition) is 2. The number of fused-ring (bicyclic) bond motifs is 2. The van der Waals surface area contributed by atoms with Crippen LogP contribution in [0.4, 0.5) is 11.4 Å². The van der Waals surface area contributed by atoms with Crippen LogP contribution in [0.15, 0.2) is 53.6 Å². The summed E-state index contributed by atoms with van der Waals surface area (Å²) in [4.78, 5) is 27.3. The highest BCUT2D eigenvalue weighted by Gasteiger charge is 2.76. The zero-order valence-electron chi connectivity index (χ0n) is 18.3. The summed E-state index contributed by atoms with van der Waals surface area (Å²) >= 11 is 0. The van der Waals surface area contributed by atoms with Gasteiger partial charge >= 0.3 is 0 Å². The van der Waals surface area contributed by atoms with Crippen LogP contribution in [0, 0.1) is 30.1 Å². The third-order valence-corrected chi connectivity index (χ3v) is 7.51. The fourth-order valence-corrected chi connectivity index (χ4v) is 5.39. The van der Waals surface area contributed by atoms with E-state index in [1.165, 1.54) is 0 Å². The first-order valence-corrected chi connectivity index (χ1v) is 10.5. The van der Waals surface area contributed by atoms with Crippen molar-refractivity contribution in [2.24, 2.45) is 21.3 Å². The van der Waals surface area contributed by atoms with Crippen molar-refractivity contribution in [1.82, 2.24) is 0 Å². The number of hydrogen-bond acceptors (Lipinski definition) is 4. The van der Waals surface area contributed by atoms with Crippen molar-refractivity contribution in [2.45, 2.75) is 47.5 Å². The Bertz CT molecular complexity index is 1040. The van der Waals surface area contributed by atoms with E-state index in [4.69, 9.17) is 0 Å². The molecule has 4 rings (SSSR count). The fourth-order valence-electron chi connectivity index (χ4n) is 5.39. The predicted octanol–water partition coefficient (Wildman–Crippen LogP) is 5.11. The Morgan fingerprint density at radius 2 is 1.57 bits per heavy atom. The van der Waals surface area contributed by atoms with Crippen molar-refractivity contribution in [1.29, 1.82) is 0 Å². The van der Waals surface area contributed by atoms with Gasteiger partial charge in [-0.2, -0.15) is 5.10 Å². The lowest BCUT2D eigenvalue weighted by Crippen LogP contribution is -2.47. The molecule has 0 aliphatic heterocycles. The van der Waals surface area contributed by atoms with Gasteiger partial charge in [0.05, 0.1) is 5.69 Å². The molecule has 2 aromatic carbocycles. The molecule has 0 heterocycles. The maximum absolute atomic E-state index is 13.7. The first kappa shape index (κ1) is 20.3. The third kappa shape index (κ3) is 2.72. The Hall–Kier alpha value is -2.95. The van der Waals surface area contributed by atoms with E-state index in [9.17, 15) is 9.59 Å². The number of hydrazone groups is 1. The Morgan fingerprint density at radius 1 is 0.933 bits per heavy atom. The van der Waals surface area contributed by atoms with Crippen LogP contribution in [0.25, 0.3) is 0 Å². The maximum atomic E-state index is 13.7. The standard InChI is InChI=1S/C25H29N3O2/c1-16-13-17(2)15-19(14-16)26-22(30)25-12-11-24(5,23(25,3)4)20(21(25)29)28-27-18-9-7-6-8-10-18/h6-10,13-15,27H,11-12H2,1-5H3,(H,26,30). The number of carbonyl (C=O) groups is 2. The maximum Gasteiger partial charge on any atom is 0.239 e. The van der Waals surface area contributed by atoms with Gasteiger partial charge in [0.2, 0.25) is 5.91 Å². The molecule has 2 aromatic rings. The second-order valence-corrected chi connectivity index (χ2v) is 9.46. The molecule has 2 aliphatic carbocycles. The first-order chi connectivity index (χ1) is 14.1. The van der Waals surface area contributed by atoms with Crippen molar-refractivity contribution in [3.63, 3.8) is 0 Å². The molecule has 2 aliphatic rings. The van der Waals surface area contributed by atoms with Crippen molar-refractivity contribution in [2.75, 3.05) is 10.7 Å². The minimum Gasteiger partial charge on any atom is -0.325 e. The molecule has 5 nitrogen and oxygen atoms in total. The summed E-state index contributed by atoms with van der Waals surface area (Å²) in [6, 6.07) is 15.5. The quantitative estimate of drug-likeness (QED) is 0.551. The van der Waals surface area contributed by atoms with Gasteiger partial charge in [-0.15, -0.1) is 0 Å². The highest BCUT2D eigenvalue weighted by molar-refractivity contribution is 6.51. The summed E-state index contributed by atoms with van der Waals surface area (Å²) in [5.41, 5.74) is 5.06. The molecule has 0 aromatic heterocycles. The Labute approximate surface area is 178 Å². The minimum atomic E-state index is -1.11. The second-order valence-electron chi connectivity index (χ2n) is 9.46. The van der Waals surface area contributed by atoms with E-state index in [0.29, 0.717) is 12.1 Å². The Morgan fingerprint density at radius 3 is 2.20 bits per heavy atom. The monoisotopic (exact) mass is 403 g/mol. The smallest absolute Gasteiger partial charge is 0.239 e. The molecular formula is C25H29N3O2. The average molecular weight is 404 g/mol. The van der Waals surface area contributed by atoms with Gasteiger partial charge in [-0.1, -0.05) is 45.0 Å². The van der Waals surface area contributed by atoms with Gasteiger partial charge in [-0.05, 0) is 67.5 Å². The summed E-state index contributed by atoms with van der Waals surface area (Å²) in [7, 11) is 0. The van der Waals surface area contributed by atoms with Crippen LogP contribution in [-0.4, -0.2) is 17.4 Å². The number of nitrogens with zero attached hydrogens (tertiary/aromatic N) is 1. The minimum absolute atomic E-state index is 0.161. The third-order valence-electron chi connectivity index (χ3n) is 7.51. The number of nitrogens with one attached hydrogen (secondary N) is 2. The average Bonchev–Trinajstić information content (AvgIpc) is 2.95. The number of para-hydroxylation sites is 1. The van der Waals surface area contributed by atoms with Gasteiger partial charge in [-0.25, -0.2) is 0 Å². The first-order valence-electron chi connectivity index (χ1n) is 10.5. The van der Waals surface area contributed by atoms with Crippen molar-refractivity contribution in [3.05, 3.63) is 59.7 Å². The van der Waals surface area contributed by atoms with Crippen LogP contribution in [0.5, 0.6) is 0 Å². The molecule has 30 heavy (non-hydrogen) atoms. The van der Waals surface area contributed by atoms with E-state index in [-0.39, 0.29) is 11.7 Å². The summed E-state index contributed by atoms with van der Waals surface area (Å²) in [6.45, 7) is 10.1. The molecule has 0 radical (unpaired) electrons. The van der Waals surface area contributed by atoms with Crippen LogP contribution in [0.2, 0.25) is 0 Å². The summed E-state index contributed by atoms with van der Waals surface area (Å²) < 4.78 is 0. The molecule has 0 saturated heterocycles. The SMILES string of the molecule is Cc1cc(C)cc(NC(=O)C23CCC(C)(C(=NNc4ccccc4)C2=O)C3(C)C)c1. The predicted molar refractivity (Wildman–Crippen MR) is 121 cm³/mol. The summed E-state index contributed by atoms with van der Waals surface area (Å²) in [6.07, 6.45) is 1.29. The van der Waals surface area contributed by atoms with E-state index < -0.39 is 16.2 Å². The molecule has 1 amide bonds. The van der Waals surface area contributed by atoms with Gasteiger partial charge in [0, 0.05) is 11.1 Å². The fraction of sp³-hybridized carbons (Fsp3) is 0.400. The zero-order valence-corrected chi connectivity index (χ0v) is 18.3. The van der Waals surface area contributed by atoms with E-state index >= 15 is 0 Å². The van der Waals surface area contributed by atoms with Crippen molar-refractivity contribution < 1.29 is 9.59 Å². The van der Waals surface area contributed by atoms with Crippen molar-refractivity contribution in [3.8, 4) is 0 Å². The van der Waals surface area contributed by atoms with Crippen LogP contribution in [0.3, 0.4) is 0 Å². The molecule has 5 heteroatoms. The molecule has 0 spiro atoms. The molecule has 2 fully saturated rings. The lowest BCUT2D eigenvalue weighted by atomic mass is 9.64. The highest BCUT2D eigenvalue weighted by atomic mass is 16.2. The Kier molecular flexibility index (Phi) is 4.60. The number of benzene rings is 2. The highest BCUT2D eigenvalue weighted by Crippen LogP contribution is 2.69.